The van der Waals surface area contributed by atoms with Gasteiger partial charge in [0.1, 0.15) is 0 Å². The Hall–Kier alpha value is -1.10. The first-order valence-electron chi connectivity index (χ1n) is 5.76. The molecule has 1 atom stereocenters. The van der Waals surface area contributed by atoms with Gasteiger partial charge in [0.25, 0.3) is 10.0 Å². The van der Waals surface area contributed by atoms with Crippen LogP contribution in [0.25, 0.3) is 0 Å². The number of nitrogens with zero attached hydrogens (tertiary/aromatic N) is 3. The molecule has 8 nitrogen and oxygen atoms in total. The van der Waals surface area contributed by atoms with E-state index in [1.54, 1.807) is 0 Å². The molecule has 1 amide bonds. The molecule has 0 aromatic carbocycles. The van der Waals surface area contributed by atoms with Crippen LogP contribution >= 0.6 is 11.3 Å². The van der Waals surface area contributed by atoms with E-state index in [0.717, 1.165) is 24.2 Å². The van der Waals surface area contributed by atoms with E-state index in [1.165, 1.54) is 11.2 Å². The molecule has 0 bridgehead atoms. The molecule has 1 saturated heterocycles. The van der Waals surface area contributed by atoms with Gasteiger partial charge in [-0.15, -0.1) is 10.2 Å². The van der Waals surface area contributed by atoms with Crippen LogP contribution in [0.3, 0.4) is 0 Å². The van der Waals surface area contributed by atoms with Crippen molar-refractivity contribution in [1.82, 2.24) is 14.5 Å². The van der Waals surface area contributed by atoms with Gasteiger partial charge < -0.3 is 11.1 Å². The molecule has 106 valence electrons. The van der Waals surface area contributed by atoms with Gasteiger partial charge in [-0.05, 0) is 12.8 Å². The van der Waals surface area contributed by atoms with Gasteiger partial charge in [-0.2, -0.15) is 4.31 Å². The minimum atomic E-state index is -3.66. The van der Waals surface area contributed by atoms with E-state index in [9.17, 15) is 13.2 Å². The van der Waals surface area contributed by atoms with Crippen LogP contribution in [0, 0.1) is 0 Å². The van der Waals surface area contributed by atoms with E-state index in [-0.39, 0.29) is 28.0 Å². The number of sulfonamides is 1. The van der Waals surface area contributed by atoms with Crippen LogP contribution in [-0.4, -0.2) is 48.0 Å². The molecule has 1 aromatic heterocycles. The number of hydrogen-bond donors (Lipinski definition) is 2. The lowest BCUT2D eigenvalue weighted by molar-refractivity contribution is -0.114. The minimum Gasteiger partial charge on any atom is -0.327 e. The fourth-order valence-corrected chi connectivity index (χ4v) is 4.44. The molecule has 2 rings (SSSR count). The molecule has 1 aliphatic rings. The summed E-state index contributed by atoms with van der Waals surface area (Å²) in [7, 11) is -3.66. The van der Waals surface area contributed by atoms with E-state index in [2.05, 4.69) is 15.5 Å². The second-order valence-electron chi connectivity index (χ2n) is 4.32. The summed E-state index contributed by atoms with van der Waals surface area (Å²) in [4.78, 5) is 10.9. The smallest absolute Gasteiger partial charge is 0.272 e. The molecule has 1 aliphatic heterocycles. The summed E-state index contributed by atoms with van der Waals surface area (Å²) in [5, 5.41) is 9.84. The third kappa shape index (κ3) is 3.26. The number of amides is 1. The van der Waals surface area contributed by atoms with E-state index in [0.29, 0.717) is 6.54 Å². The Kier molecular flexibility index (Phi) is 4.13. The van der Waals surface area contributed by atoms with Gasteiger partial charge in [0.2, 0.25) is 15.4 Å². The quantitative estimate of drug-likeness (QED) is 0.734. The minimum absolute atomic E-state index is 0.120. The van der Waals surface area contributed by atoms with Crippen molar-refractivity contribution in [2.24, 2.45) is 5.73 Å². The number of carbonyl (C=O) groups is 1. The Labute approximate surface area is 115 Å². The summed E-state index contributed by atoms with van der Waals surface area (Å²) >= 11 is 0.838. The maximum absolute atomic E-state index is 12.3. The summed E-state index contributed by atoms with van der Waals surface area (Å²) in [6.45, 7) is 2.04. The predicted molar refractivity (Wildman–Crippen MR) is 70.2 cm³/mol. The number of nitrogens with two attached hydrogens (primary N) is 1. The van der Waals surface area contributed by atoms with Crippen LogP contribution < -0.4 is 11.1 Å². The summed E-state index contributed by atoms with van der Waals surface area (Å²) < 4.78 is 25.8. The van der Waals surface area contributed by atoms with Crippen LogP contribution in [-0.2, 0) is 14.8 Å². The number of carbonyl (C=O) groups excluding carboxylic acids is 1. The van der Waals surface area contributed by atoms with Crippen LogP contribution in [0.1, 0.15) is 19.8 Å². The molecule has 0 saturated carbocycles. The Bertz CT molecular complexity index is 570. The number of aromatic nitrogens is 2. The second kappa shape index (κ2) is 5.49. The molecule has 10 heteroatoms. The van der Waals surface area contributed by atoms with Crippen molar-refractivity contribution < 1.29 is 13.2 Å². The van der Waals surface area contributed by atoms with Crippen molar-refractivity contribution in [2.45, 2.75) is 30.1 Å². The third-order valence-electron chi connectivity index (χ3n) is 2.67. The van der Waals surface area contributed by atoms with Crippen LogP contribution in [0.2, 0.25) is 0 Å². The molecule has 19 heavy (non-hydrogen) atoms. The topological polar surface area (TPSA) is 118 Å². The second-order valence-corrected chi connectivity index (χ2v) is 7.41. The standard InChI is InChI=1S/C9H15N5O3S2/c1-6(15)11-8-12-13-9(18-8)19(16,17)14-4-2-3-7(10)5-14/h7H,2-5,10H2,1H3,(H,11,12,15)/t7-/m1/s1. The van der Waals surface area contributed by atoms with E-state index >= 15 is 0 Å². The molecule has 1 aromatic rings. The molecule has 0 radical (unpaired) electrons. The highest BCUT2D eigenvalue weighted by molar-refractivity contribution is 7.91. The summed E-state index contributed by atoms with van der Waals surface area (Å²) in [5.41, 5.74) is 5.78. The van der Waals surface area contributed by atoms with Crippen molar-refractivity contribution in [3.63, 3.8) is 0 Å². The summed E-state index contributed by atoms with van der Waals surface area (Å²) in [5.74, 6) is -0.319. The largest absolute Gasteiger partial charge is 0.327 e. The first-order valence-corrected chi connectivity index (χ1v) is 8.02. The molecule has 1 fully saturated rings. The number of rotatable bonds is 3. The zero-order valence-corrected chi connectivity index (χ0v) is 12.0. The third-order valence-corrected chi connectivity index (χ3v) is 5.72. The van der Waals surface area contributed by atoms with Gasteiger partial charge in [-0.1, -0.05) is 11.3 Å². The lowest BCUT2D eigenvalue weighted by Gasteiger charge is -2.28. The van der Waals surface area contributed by atoms with Crippen molar-refractivity contribution >= 4 is 32.4 Å². The Morgan fingerprint density at radius 3 is 2.89 bits per heavy atom. The molecule has 3 N–H and O–H groups in total. The SMILES string of the molecule is CC(=O)Nc1nnc(S(=O)(=O)N2CCC[C@@H](N)C2)s1. The van der Waals surface area contributed by atoms with Crippen LogP contribution in [0.15, 0.2) is 4.34 Å². The highest BCUT2D eigenvalue weighted by Gasteiger charge is 2.31. The molecule has 2 heterocycles. The van der Waals surface area contributed by atoms with Gasteiger partial charge >= 0.3 is 0 Å². The van der Waals surface area contributed by atoms with E-state index in [4.69, 9.17) is 5.73 Å². The maximum atomic E-state index is 12.3. The zero-order valence-electron chi connectivity index (χ0n) is 10.4. The Morgan fingerprint density at radius 2 is 2.26 bits per heavy atom. The number of hydrogen-bond acceptors (Lipinski definition) is 7. The molecular weight excluding hydrogens is 290 g/mol. The van der Waals surface area contributed by atoms with E-state index in [1.807, 2.05) is 0 Å². The molecule has 0 aliphatic carbocycles. The van der Waals surface area contributed by atoms with Gasteiger partial charge in [0.05, 0.1) is 0 Å². The Morgan fingerprint density at radius 1 is 1.53 bits per heavy atom. The molecule has 0 unspecified atom stereocenters. The van der Waals surface area contributed by atoms with Crippen LogP contribution in [0.4, 0.5) is 5.13 Å². The zero-order chi connectivity index (χ0) is 14.0. The molecular formula is C9H15N5O3S2. The first kappa shape index (κ1) is 14.3. The van der Waals surface area contributed by atoms with Gasteiger partial charge in [-0.25, -0.2) is 8.42 Å². The van der Waals surface area contributed by atoms with Crippen molar-refractivity contribution in [2.75, 3.05) is 18.4 Å². The maximum Gasteiger partial charge on any atom is 0.272 e. The highest BCUT2D eigenvalue weighted by atomic mass is 32.2. The first-order chi connectivity index (χ1) is 8.89. The average molecular weight is 305 g/mol. The molecule has 0 spiro atoms. The Balaban J connectivity index is 2.19. The van der Waals surface area contributed by atoms with Crippen molar-refractivity contribution in [3.05, 3.63) is 0 Å². The van der Waals surface area contributed by atoms with Crippen molar-refractivity contribution in [1.29, 1.82) is 0 Å². The fraction of sp³-hybridized carbons (Fsp3) is 0.667. The van der Waals surface area contributed by atoms with Gasteiger partial charge in [-0.3, -0.25) is 4.79 Å². The highest BCUT2D eigenvalue weighted by Crippen LogP contribution is 2.25. The predicted octanol–water partition coefficient (Wildman–Crippen LogP) is -0.392. The lowest BCUT2D eigenvalue weighted by atomic mass is 10.1. The summed E-state index contributed by atoms with van der Waals surface area (Å²) in [6.07, 6.45) is 1.55. The van der Waals surface area contributed by atoms with Gasteiger partial charge in [0, 0.05) is 26.1 Å². The van der Waals surface area contributed by atoms with Crippen molar-refractivity contribution in [3.8, 4) is 0 Å². The number of piperidine rings is 1. The fourth-order valence-electron chi connectivity index (χ4n) is 1.82. The van der Waals surface area contributed by atoms with E-state index < -0.39 is 10.0 Å². The monoisotopic (exact) mass is 305 g/mol. The summed E-state index contributed by atoms with van der Waals surface area (Å²) in [6, 6.07) is -0.147. The number of nitrogens with one attached hydrogen (secondary N) is 1. The van der Waals surface area contributed by atoms with Gasteiger partial charge in [0.15, 0.2) is 0 Å². The number of anilines is 1. The average Bonchev–Trinajstić information content (AvgIpc) is 2.77. The normalized spacial score (nSPS) is 21.3. The lowest BCUT2D eigenvalue weighted by Crippen LogP contribution is -2.45. The van der Waals surface area contributed by atoms with Crippen LogP contribution in [0.5, 0.6) is 0 Å².